The number of aromatic nitrogens is 3. The number of pyridine rings is 2. The predicted octanol–water partition coefficient (Wildman–Crippen LogP) is 4.55. The lowest BCUT2D eigenvalue weighted by Gasteiger charge is -2.12. The van der Waals surface area contributed by atoms with Gasteiger partial charge in [0, 0.05) is 41.0 Å². The molecule has 3 heterocycles. The number of anilines is 1. The van der Waals surface area contributed by atoms with Gasteiger partial charge in [0.1, 0.15) is 5.82 Å². The Morgan fingerprint density at radius 1 is 1.08 bits per heavy atom. The van der Waals surface area contributed by atoms with E-state index in [-0.39, 0.29) is 0 Å². The highest BCUT2D eigenvalue weighted by molar-refractivity contribution is 6.17. The largest absolute Gasteiger partial charge is 0.383 e. The predicted molar refractivity (Wildman–Crippen MR) is 98.2 cm³/mol. The van der Waals surface area contributed by atoms with Crippen molar-refractivity contribution >= 4 is 28.3 Å². The molecule has 0 unspecified atom stereocenters. The molecule has 0 bridgehead atoms. The smallest absolute Gasteiger partial charge is 0.214 e. The molecular weight excluding hydrogens is 339 g/mol. The zero-order valence-electron chi connectivity index (χ0n) is 13.2. The molecule has 0 aliphatic heterocycles. The van der Waals surface area contributed by atoms with Crippen LogP contribution in [0.15, 0.2) is 60.9 Å². The average Bonchev–Trinajstić information content (AvgIpc) is 3.00. The van der Waals surface area contributed by atoms with Gasteiger partial charge in [-0.25, -0.2) is 9.97 Å². The van der Waals surface area contributed by atoms with Crippen LogP contribution in [0.25, 0.3) is 27.8 Å². The van der Waals surface area contributed by atoms with Crippen LogP contribution in [0.2, 0.25) is 0 Å². The minimum Gasteiger partial charge on any atom is -0.383 e. The van der Waals surface area contributed by atoms with Gasteiger partial charge in [0.2, 0.25) is 5.95 Å². The quantitative estimate of drug-likeness (QED) is 0.435. The molecule has 0 aliphatic carbocycles. The van der Waals surface area contributed by atoms with E-state index in [0.29, 0.717) is 17.2 Å². The van der Waals surface area contributed by atoms with Gasteiger partial charge in [0.25, 0.3) is 0 Å². The maximum absolute atomic E-state index is 13.8. The zero-order chi connectivity index (χ0) is 17.4. The molecular formula is C19H14ClFN4. The van der Waals surface area contributed by atoms with Gasteiger partial charge in [0.05, 0.1) is 11.2 Å². The van der Waals surface area contributed by atoms with Crippen LogP contribution in [-0.2, 0) is 5.88 Å². The Balaban J connectivity index is 2.03. The van der Waals surface area contributed by atoms with E-state index >= 15 is 0 Å². The lowest BCUT2D eigenvalue weighted by molar-refractivity contribution is 0.586. The highest BCUT2D eigenvalue weighted by Crippen LogP contribution is 2.33. The number of halogens is 2. The van der Waals surface area contributed by atoms with Crippen LogP contribution in [0, 0.1) is 5.95 Å². The van der Waals surface area contributed by atoms with Crippen LogP contribution in [-0.4, -0.2) is 14.5 Å². The molecule has 0 saturated carbocycles. The fourth-order valence-electron chi connectivity index (χ4n) is 2.92. The Labute approximate surface area is 148 Å². The molecule has 124 valence electrons. The van der Waals surface area contributed by atoms with Crippen molar-refractivity contribution in [3.05, 3.63) is 72.4 Å². The van der Waals surface area contributed by atoms with Crippen molar-refractivity contribution in [3.63, 3.8) is 0 Å². The SMILES string of the molecule is Nc1ncccc1-c1cc2cnc(F)cc2n1-c1ccc(CCl)cc1. The number of hydrogen-bond donors (Lipinski definition) is 1. The summed E-state index contributed by atoms with van der Waals surface area (Å²) in [5.74, 6) is 0.320. The Morgan fingerprint density at radius 3 is 2.60 bits per heavy atom. The van der Waals surface area contributed by atoms with Crippen LogP contribution >= 0.6 is 11.6 Å². The summed E-state index contributed by atoms with van der Waals surface area (Å²) in [7, 11) is 0. The Hall–Kier alpha value is -2.92. The first-order chi connectivity index (χ1) is 12.2. The lowest BCUT2D eigenvalue weighted by Crippen LogP contribution is -2.00. The molecule has 0 atom stereocenters. The monoisotopic (exact) mass is 352 g/mol. The maximum atomic E-state index is 13.8. The molecule has 0 fully saturated rings. The molecule has 25 heavy (non-hydrogen) atoms. The van der Waals surface area contributed by atoms with Gasteiger partial charge >= 0.3 is 0 Å². The Morgan fingerprint density at radius 2 is 1.88 bits per heavy atom. The second-order valence-electron chi connectivity index (χ2n) is 5.67. The van der Waals surface area contributed by atoms with E-state index in [0.717, 1.165) is 27.9 Å². The molecule has 0 amide bonds. The third-order valence-corrected chi connectivity index (χ3v) is 4.42. The van der Waals surface area contributed by atoms with Gasteiger partial charge in [-0.15, -0.1) is 11.6 Å². The summed E-state index contributed by atoms with van der Waals surface area (Å²) < 4.78 is 15.7. The van der Waals surface area contributed by atoms with Gasteiger partial charge in [0.15, 0.2) is 0 Å². The maximum Gasteiger partial charge on any atom is 0.214 e. The standard InChI is InChI=1S/C19H14ClFN4/c20-10-12-3-5-14(6-4-12)25-16-9-18(21)24-11-13(16)8-17(25)15-2-1-7-23-19(15)22/h1-9,11H,10H2,(H2,22,23). The molecule has 0 radical (unpaired) electrons. The number of nitrogen functional groups attached to an aromatic ring is 1. The van der Waals surface area contributed by atoms with Crippen molar-refractivity contribution in [1.82, 2.24) is 14.5 Å². The summed E-state index contributed by atoms with van der Waals surface area (Å²) >= 11 is 5.88. The molecule has 1 aromatic carbocycles. The van der Waals surface area contributed by atoms with E-state index in [2.05, 4.69) is 9.97 Å². The zero-order valence-corrected chi connectivity index (χ0v) is 13.9. The van der Waals surface area contributed by atoms with Crippen molar-refractivity contribution in [2.45, 2.75) is 5.88 Å². The fraction of sp³-hybridized carbons (Fsp3) is 0.0526. The van der Waals surface area contributed by atoms with Gasteiger partial charge in [-0.2, -0.15) is 4.39 Å². The molecule has 3 aromatic heterocycles. The first kappa shape index (κ1) is 15.6. The van der Waals surface area contributed by atoms with Gasteiger partial charge < -0.3 is 10.3 Å². The molecule has 4 aromatic rings. The van der Waals surface area contributed by atoms with Crippen molar-refractivity contribution in [2.75, 3.05) is 5.73 Å². The normalized spacial score (nSPS) is 11.1. The van der Waals surface area contributed by atoms with Gasteiger partial charge in [-0.1, -0.05) is 12.1 Å². The third-order valence-electron chi connectivity index (χ3n) is 4.12. The molecule has 6 heteroatoms. The van der Waals surface area contributed by atoms with Crippen LogP contribution in [0.1, 0.15) is 5.56 Å². The number of hydrogen-bond acceptors (Lipinski definition) is 3. The summed E-state index contributed by atoms with van der Waals surface area (Å²) in [5, 5.41) is 0.820. The highest BCUT2D eigenvalue weighted by Gasteiger charge is 2.15. The minimum atomic E-state index is -0.532. The number of fused-ring (bicyclic) bond motifs is 1. The van der Waals surface area contributed by atoms with E-state index in [1.165, 1.54) is 12.3 Å². The lowest BCUT2D eigenvalue weighted by atomic mass is 10.1. The van der Waals surface area contributed by atoms with Crippen molar-refractivity contribution in [1.29, 1.82) is 0 Å². The van der Waals surface area contributed by atoms with Gasteiger partial charge in [-0.3, -0.25) is 0 Å². The number of rotatable bonds is 3. The number of nitrogens with two attached hydrogens (primary N) is 1. The number of benzene rings is 1. The summed E-state index contributed by atoms with van der Waals surface area (Å²) in [6.45, 7) is 0. The number of nitrogens with zero attached hydrogens (tertiary/aromatic N) is 3. The van der Waals surface area contributed by atoms with Crippen LogP contribution in [0.5, 0.6) is 0 Å². The van der Waals surface area contributed by atoms with E-state index in [4.69, 9.17) is 17.3 Å². The molecule has 4 rings (SSSR count). The highest BCUT2D eigenvalue weighted by atomic mass is 35.5. The first-order valence-corrected chi connectivity index (χ1v) is 8.24. The van der Waals surface area contributed by atoms with Gasteiger partial charge in [-0.05, 0) is 35.9 Å². The summed E-state index contributed by atoms with van der Waals surface area (Å²) in [6.07, 6.45) is 3.16. The molecule has 4 nitrogen and oxygen atoms in total. The fourth-order valence-corrected chi connectivity index (χ4v) is 3.10. The van der Waals surface area contributed by atoms with Crippen LogP contribution in [0.3, 0.4) is 0 Å². The first-order valence-electron chi connectivity index (χ1n) is 7.70. The minimum absolute atomic E-state index is 0.414. The molecule has 0 aliphatic rings. The summed E-state index contributed by atoms with van der Waals surface area (Å²) in [6, 6.07) is 14.9. The molecule has 0 saturated heterocycles. The van der Waals surface area contributed by atoms with Crippen molar-refractivity contribution in [3.8, 4) is 16.9 Å². The number of alkyl halides is 1. The van der Waals surface area contributed by atoms with Crippen LogP contribution in [0.4, 0.5) is 10.2 Å². The van der Waals surface area contributed by atoms with E-state index < -0.39 is 5.95 Å². The average molecular weight is 353 g/mol. The molecule has 2 N–H and O–H groups in total. The van der Waals surface area contributed by atoms with Crippen molar-refractivity contribution < 1.29 is 4.39 Å². The molecule has 0 spiro atoms. The summed E-state index contributed by atoms with van der Waals surface area (Å²) in [4.78, 5) is 7.92. The van der Waals surface area contributed by atoms with Crippen molar-refractivity contribution in [2.24, 2.45) is 0 Å². The van der Waals surface area contributed by atoms with E-state index in [1.807, 2.05) is 47.0 Å². The Bertz CT molecular complexity index is 1060. The summed E-state index contributed by atoms with van der Waals surface area (Å²) in [5.41, 5.74) is 10.3. The van der Waals surface area contributed by atoms with E-state index in [1.54, 1.807) is 6.20 Å². The van der Waals surface area contributed by atoms with Crippen LogP contribution < -0.4 is 5.73 Å². The third kappa shape index (κ3) is 2.72. The topological polar surface area (TPSA) is 56.7 Å². The second kappa shape index (κ2) is 6.18. The van der Waals surface area contributed by atoms with E-state index in [9.17, 15) is 4.39 Å². The second-order valence-corrected chi connectivity index (χ2v) is 5.93. The Kier molecular flexibility index (Phi) is 3.86.